The maximum atomic E-state index is 12.9. The van der Waals surface area contributed by atoms with Gasteiger partial charge in [-0.25, -0.2) is 0 Å². The lowest BCUT2D eigenvalue weighted by Gasteiger charge is -2.18. The lowest BCUT2D eigenvalue weighted by molar-refractivity contribution is 0.0944. The van der Waals surface area contributed by atoms with E-state index in [9.17, 15) is 4.79 Å². The minimum atomic E-state index is -0.0166. The summed E-state index contributed by atoms with van der Waals surface area (Å²) in [5.41, 5.74) is 3.15. The van der Waals surface area contributed by atoms with Crippen LogP contribution in [0.25, 0.3) is 10.2 Å². The van der Waals surface area contributed by atoms with Crippen molar-refractivity contribution in [2.24, 2.45) is 0 Å². The molecule has 0 spiro atoms. The van der Waals surface area contributed by atoms with E-state index in [0.29, 0.717) is 6.54 Å². The molecule has 3 nitrogen and oxygen atoms in total. The van der Waals surface area contributed by atoms with E-state index in [4.69, 9.17) is 0 Å². The summed E-state index contributed by atoms with van der Waals surface area (Å²) in [6, 6.07) is 24.7. The number of rotatable bonds is 6. The van der Waals surface area contributed by atoms with Gasteiger partial charge in [-0.15, -0.1) is 11.3 Å². The molecule has 136 valence electrons. The molecule has 4 rings (SSSR count). The van der Waals surface area contributed by atoms with Crippen molar-refractivity contribution in [2.45, 2.75) is 19.4 Å². The van der Waals surface area contributed by atoms with Crippen molar-refractivity contribution in [2.75, 3.05) is 6.54 Å². The lowest BCUT2D eigenvalue weighted by Crippen LogP contribution is -2.28. The van der Waals surface area contributed by atoms with Crippen molar-refractivity contribution < 1.29 is 4.79 Å². The number of aromatic nitrogens is 1. The van der Waals surface area contributed by atoms with Crippen LogP contribution in [-0.2, 0) is 6.42 Å². The van der Waals surface area contributed by atoms with Crippen LogP contribution in [0, 0.1) is 0 Å². The largest absolute Gasteiger partial charge is 0.350 e. The number of benzene rings is 2. The van der Waals surface area contributed by atoms with Gasteiger partial charge in [0.15, 0.2) is 0 Å². The quantitative estimate of drug-likeness (QED) is 0.489. The Morgan fingerprint density at radius 1 is 1.04 bits per heavy atom. The molecule has 0 aliphatic carbocycles. The molecule has 1 atom stereocenters. The van der Waals surface area contributed by atoms with Crippen LogP contribution in [-0.4, -0.2) is 17.0 Å². The minimum Gasteiger partial charge on any atom is -0.350 e. The van der Waals surface area contributed by atoms with E-state index in [2.05, 4.69) is 52.5 Å². The summed E-state index contributed by atoms with van der Waals surface area (Å²) in [6.45, 7) is 2.77. The number of nitrogens with one attached hydrogen (secondary N) is 1. The average molecular weight is 375 g/mol. The summed E-state index contributed by atoms with van der Waals surface area (Å²) in [4.78, 5) is 14.1. The predicted octanol–water partition coefficient (Wildman–Crippen LogP) is 5.28. The maximum absolute atomic E-state index is 12.9. The first-order valence-electron chi connectivity index (χ1n) is 9.19. The Bertz CT molecular complexity index is 1030. The molecule has 4 heteroatoms. The van der Waals surface area contributed by atoms with Crippen molar-refractivity contribution in [1.82, 2.24) is 9.88 Å². The smallest absolute Gasteiger partial charge is 0.267 e. The fourth-order valence-corrected chi connectivity index (χ4v) is 4.42. The first-order chi connectivity index (χ1) is 13.2. The fourth-order valence-electron chi connectivity index (χ4n) is 3.44. The zero-order chi connectivity index (χ0) is 18.6. The first kappa shape index (κ1) is 17.6. The molecule has 2 aromatic heterocycles. The average Bonchev–Trinajstić information content (AvgIpc) is 3.30. The van der Waals surface area contributed by atoms with Crippen LogP contribution in [0.15, 0.2) is 78.2 Å². The van der Waals surface area contributed by atoms with Crippen LogP contribution in [0.1, 0.15) is 34.6 Å². The molecule has 0 unspecified atom stereocenters. The van der Waals surface area contributed by atoms with Crippen LogP contribution in [0.5, 0.6) is 0 Å². The Morgan fingerprint density at radius 3 is 2.48 bits per heavy atom. The molecular formula is C23H22N2OS. The van der Waals surface area contributed by atoms with Crippen LogP contribution >= 0.6 is 11.3 Å². The Morgan fingerprint density at radius 2 is 1.74 bits per heavy atom. The fraction of sp³-hybridized carbons (Fsp3) is 0.174. The van der Waals surface area contributed by atoms with Crippen molar-refractivity contribution >= 4 is 27.5 Å². The third-order valence-electron chi connectivity index (χ3n) is 4.89. The third-order valence-corrected chi connectivity index (χ3v) is 5.82. The minimum absolute atomic E-state index is 0.0166. The summed E-state index contributed by atoms with van der Waals surface area (Å²) in [6.07, 6.45) is 0.829. The number of fused-ring (bicyclic) bond motifs is 1. The summed E-state index contributed by atoms with van der Waals surface area (Å²) in [5.74, 6) is -0.0166. The molecule has 2 heterocycles. The van der Waals surface area contributed by atoms with E-state index in [1.165, 1.54) is 11.1 Å². The molecule has 27 heavy (non-hydrogen) atoms. The number of carbonyl (C=O) groups excluding carboxylic acids is 1. The highest BCUT2D eigenvalue weighted by atomic mass is 32.1. The SMILES string of the molecule is C[C@H](c1ccccc1)n1c(C(=O)NCCc2ccccc2)cc2ccsc21. The number of hydrogen-bond donors (Lipinski definition) is 1. The second kappa shape index (κ2) is 7.80. The standard InChI is InChI=1S/C23H22N2OS/c1-17(19-10-6-3-7-11-19)25-21(16-20-13-15-27-23(20)25)22(26)24-14-12-18-8-4-2-5-9-18/h2-11,13,15-17H,12,14H2,1H3,(H,24,26)/t17-/m1/s1. The van der Waals surface area contributed by atoms with Gasteiger partial charge in [0.2, 0.25) is 0 Å². The molecule has 1 N–H and O–H groups in total. The third kappa shape index (κ3) is 3.67. The normalized spacial score (nSPS) is 12.2. The van der Waals surface area contributed by atoms with E-state index in [0.717, 1.165) is 22.3 Å². The number of amides is 1. The zero-order valence-electron chi connectivity index (χ0n) is 15.3. The second-order valence-corrected chi connectivity index (χ2v) is 7.55. The van der Waals surface area contributed by atoms with Gasteiger partial charge < -0.3 is 9.88 Å². The highest BCUT2D eigenvalue weighted by Gasteiger charge is 2.21. The van der Waals surface area contributed by atoms with Gasteiger partial charge in [-0.05, 0) is 42.0 Å². The van der Waals surface area contributed by atoms with E-state index in [1.54, 1.807) is 11.3 Å². The van der Waals surface area contributed by atoms with Gasteiger partial charge in [0, 0.05) is 11.9 Å². The van der Waals surface area contributed by atoms with Gasteiger partial charge >= 0.3 is 0 Å². The molecule has 0 saturated heterocycles. The molecule has 0 saturated carbocycles. The van der Waals surface area contributed by atoms with Crippen LogP contribution in [0.4, 0.5) is 0 Å². The number of nitrogens with zero attached hydrogens (tertiary/aromatic N) is 1. The van der Waals surface area contributed by atoms with E-state index < -0.39 is 0 Å². The van der Waals surface area contributed by atoms with Crippen molar-refractivity contribution in [3.8, 4) is 0 Å². The molecule has 0 bridgehead atoms. The van der Waals surface area contributed by atoms with Crippen LogP contribution in [0.2, 0.25) is 0 Å². The van der Waals surface area contributed by atoms with Gasteiger partial charge in [-0.1, -0.05) is 60.7 Å². The van der Waals surface area contributed by atoms with Gasteiger partial charge in [-0.3, -0.25) is 4.79 Å². The van der Waals surface area contributed by atoms with Crippen molar-refractivity contribution in [3.63, 3.8) is 0 Å². The van der Waals surface area contributed by atoms with E-state index >= 15 is 0 Å². The van der Waals surface area contributed by atoms with Gasteiger partial charge in [0.05, 0.1) is 6.04 Å². The Hall–Kier alpha value is -2.85. The molecule has 0 fully saturated rings. The maximum Gasteiger partial charge on any atom is 0.267 e. The molecule has 0 radical (unpaired) electrons. The molecular weight excluding hydrogens is 352 g/mol. The van der Waals surface area contributed by atoms with E-state index in [-0.39, 0.29) is 11.9 Å². The topological polar surface area (TPSA) is 34.0 Å². The van der Waals surface area contributed by atoms with Gasteiger partial charge in [-0.2, -0.15) is 0 Å². The number of thiophene rings is 1. The van der Waals surface area contributed by atoms with Crippen LogP contribution < -0.4 is 5.32 Å². The summed E-state index contributed by atoms with van der Waals surface area (Å²) in [5, 5.41) is 6.29. The summed E-state index contributed by atoms with van der Waals surface area (Å²) in [7, 11) is 0. The van der Waals surface area contributed by atoms with Crippen molar-refractivity contribution in [1.29, 1.82) is 0 Å². The highest BCUT2D eigenvalue weighted by Crippen LogP contribution is 2.31. The second-order valence-electron chi connectivity index (χ2n) is 6.66. The first-order valence-corrected chi connectivity index (χ1v) is 10.1. The van der Waals surface area contributed by atoms with E-state index in [1.807, 2.05) is 42.5 Å². The zero-order valence-corrected chi connectivity index (χ0v) is 16.1. The molecule has 4 aromatic rings. The monoisotopic (exact) mass is 374 g/mol. The molecule has 2 aromatic carbocycles. The summed E-state index contributed by atoms with van der Waals surface area (Å²) < 4.78 is 2.16. The molecule has 0 aliphatic rings. The Balaban J connectivity index is 1.58. The number of hydrogen-bond acceptors (Lipinski definition) is 2. The number of carbonyl (C=O) groups is 1. The van der Waals surface area contributed by atoms with Crippen molar-refractivity contribution in [3.05, 3.63) is 95.0 Å². The molecule has 0 aliphatic heterocycles. The highest BCUT2D eigenvalue weighted by molar-refractivity contribution is 7.16. The van der Waals surface area contributed by atoms with Crippen LogP contribution in [0.3, 0.4) is 0 Å². The lowest BCUT2D eigenvalue weighted by atomic mass is 10.1. The molecule has 1 amide bonds. The Kier molecular flexibility index (Phi) is 5.07. The van der Waals surface area contributed by atoms with Gasteiger partial charge in [0.25, 0.3) is 5.91 Å². The summed E-state index contributed by atoms with van der Waals surface area (Å²) >= 11 is 1.68. The Labute approximate surface area is 163 Å². The van der Waals surface area contributed by atoms with Gasteiger partial charge in [0.1, 0.15) is 10.5 Å². The predicted molar refractivity (Wildman–Crippen MR) is 113 cm³/mol.